The zero-order valence-corrected chi connectivity index (χ0v) is 20.7. The quantitative estimate of drug-likeness (QED) is 0.449. The Hall–Kier alpha value is -1.67. The molecule has 0 aromatic heterocycles. The summed E-state index contributed by atoms with van der Waals surface area (Å²) in [6, 6.07) is 8.77. The lowest BCUT2D eigenvalue weighted by molar-refractivity contribution is -0.00834. The van der Waals surface area contributed by atoms with Gasteiger partial charge >= 0.3 is 0 Å². The zero-order valence-electron chi connectivity index (χ0n) is 20.7. The maximum Gasteiger partial charge on any atom is 0.191 e. The van der Waals surface area contributed by atoms with E-state index in [4.69, 9.17) is 9.73 Å². The number of likely N-dealkylation sites (N-methyl/N-ethyl adjacent to an activating group) is 1. The fourth-order valence-electron chi connectivity index (χ4n) is 4.46. The van der Waals surface area contributed by atoms with E-state index in [9.17, 15) is 0 Å². The van der Waals surface area contributed by atoms with Crippen LogP contribution in [0.2, 0.25) is 0 Å². The molecule has 0 amide bonds. The number of nitrogens with one attached hydrogen (secondary N) is 2. The van der Waals surface area contributed by atoms with Crippen LogP contribution in [0.4, 0.5) is 0 Å². The third-order valence-corrected chi connectivity index (χ3v) is 6.73. The molecule has 32 heavy (non-hydrogen) atoms. The summed E-state index contributed by atoms with van der Waals surface area (Å²) in [5.41, 5.74) is 2.76. The summed E-state index contributed by atoms with van der Waals surface area (Å²) >= 11 is 0. The molecule has 1 aromatic carbocycles. The minimum Gasteiger partial charge on any atom is -0.379 e. The van der Waals surface area contributed by atoms with Crippen LogP contribution in [0.15, 0.2) is 29.3 Å². The number of nitrogens with zero attached hydrogens (tertiary/aromatic N) is 4. The van der Waals surface area contributed by atoms with Crippen molar-refractivity contribution in [1.82, 2.24) is 25.3 Å². The van der Waals surface area contributed by atoms with E-state index < -0.39 is 0 Å². The highest BCUT2D eigenvalue weighted by molar-refractivity contribution is 5.79. The molecule has 2 aliphatic heterocycles. The number of guanidine groups is 1. The summed E-state index contributed by atoms with van der Waals surface area (Å²) in [5.74, 6) is 0.889. The van der Waals surface area contributed by atoms with Crippen LogP contribution in [-0.2, 0) is 17.8 Å². The SMILES string of the molecule is CCNC(=NCc1ccccc1CN1CCN(CC)CC1)NCC(C)(C)N1CCOCC1. The second-order valence-corrected chi connectivity index (χ2v) is 9.44. The fourth-order valence-corrected chi connectivity index (χ4v) is 4.46. The predicted octanol–water partition coefficient (Wildman–Crippen LogP) is 1.99. The first-order valence-electron chi connectivity index (χ1n) is 12.4. The number of benzene rings is 1. The molecule has 7 heteroatoms. The summed E-state index contributed by atoms with van der Waals surface area (Å²) in [4.78, 5) is 12.5. The Labute approximate surface area is 195 Å². The van der Waals surface area contributed by atoms with Crippen molar-refractivity contribution in [2.45, 2.75) is 46.3 Å². The molecule has 0 unspecified atom stereocenters. The van der Waals surface area contributed by atoms with Crippen molar-refractivity contribution in [3.8, 4) is 0 Å². The van der Waals surface area contributed by atoms with E-state index >= 15 is 0 Å². The lowest BCUT2D eigenvalue weighted by atomic mass is 10.0. The fraction of sp³-hybridized carbons (Fsp3) is 0.720. The molecule has 0 spiro atoms. The van der Waals surface area contributed by atoms with E-state index in [2.05, 4.69) is 77.3 Å². The first-order valence-corrected chi connectivity index (χ1v) is 12.4. The van der Waals surface area contributed by atoms with Gasteiger partial charge in [0.25, 0.3) is 0 Å². The smallest absolute Gasteiger partial charge is 0.191 e. The average molecular weight is 445 g/mol. The Kier molecular flexibility index (Phi) is 9.78. The summed E-state index contributed by atoms with van der Waals surface area (Å²) in [6.07, 6.45) is 0. The number of rotatable bonds is 9. The van der Waals surface area contributed by atoms with Gasteiger partial charge in [0.15, 0.2) is 5.96 Å². The van der Waals surface area contributed by atoms with Gasteiger partial charge in [0, 0.05) is 64.4 Å². The lowest BCUT2D eigenvalue weighted by Crippen LogP contribution is -2.56. The van der Waals surface area contributed by atoms with Gasteiger partial charge in [-0.1, -0.05) is 31.2 Å². The summed E-state index contributed by atoms with van der Waals surface area (Å²) in [7, 11) is 0. The van der Waals surface area contributed by atoms with Crippen LogP contribution in [0.25, 0.3) is 0 Å². The van der Waals surface area contributed by atoms with Gasteiger partial charge in [0.05, 0.1) is 19.8 Å². The van der Waals surface area contributed by atoms with Gasteiger partial charge in [-0.2, -0.15) is 0 Å². The normalized spacial score (nSPS) is 19.8. The van der Waals surface area contributed by atoms with Gasteiger partial charge in [-0.25, -0.2) is 4.99 Å². The van der Waals surface area contributed by atoms with Gasteiger partial charge in [-0.3, -0.25) is 9.80 Å². The lowest BCUT2D eigenvalue weighted by Gasteiger charge is -2.41. The Bertz CT molecular complexity index is 708. The molecule has 2 aliphatic rings. The van der Waals surface area contributed by atoms with E-state index in [0.717, 1.165) is 71.5 Å². The second kappa shape index (κ2) is 12.5. The van der Waals surface area contributed by atoms with Crippen molar-refractivity contribution in [3.63, 3.8) is 0 Å². The molecule has 0 bridgehead atoms. The summed E-state index contributed by atoms with van der Waals surface area (Å²) < 4.78 is 5.52. The molecule has 3 rings (SSSR count). The minimum atomic E-state index is 0.0541. The molecular formula is C25H44N6O. The number of morpholine rings is 1. The molecule has 2 N–H and O–H groups in total. The number of ether oxygens (including phenoxy) is 1. The predicted molar refractivity (Wildman–Crippen MR) is 133 cm³/mol. The van der Waals surface area contributed by atoms with Gasteiger partial charge < -0.3 is 20.3 Å². The highest BCUT2D eigenvalue weighted by Gasteiger charge is 2.28. The van der Waals surface area contributed by atoms with E-state index in [1.165, 1.54) is 24.2 Å². The summed E-state index contributed by atoms with van der Waals surface area (Å²) in [6.45, 7) is 21.8. The molecule has 180 valence electrons. The molecule has 0 atom stereocenters. The number of aliphatic imine (C=N–C) groups is 1. The summed E-state index contributed by atoms with van der Waals surface area (Å²) in [5, 5.41) is 7.00. The van der Waals surface area contributed by atoms with Crippen molar-refractivity contribution >= 4 is 5.96 Å². The van der Waals surface area contributed by atoms with Crippen LogP contribution in [0.5, 0.6) is 0 Å². The molecule has 2 heterocycles. The Morgan fingerprint density at radius 2 is 1.59 bits per heavy atom. The Balaban J connectivity index is 1.58. The van der Waals surface area contributed by atoms with E-state index in [1.807, 2.05) is 0 Å². The highest BCUT2D eigenvalue weighted by Crippen LogP contribution is 2.16. The van der Waals surface area contributed by atoms with Crippen LogP contribution in [0.1, 0.15) is 38.8 Å². The number of piperazine rings is 1. The van der Waals surface area contributed by atoms with E-state index in [1.54, 1.807) is 0 Å². The van der Waals surface area contributed by atoms with Crippen LogP contribution in [0.3, 0.4) is 0 Å². The minimum absolute atomic E-state index is 0.0541. The molecule has 0 saturated carbocycles. The second-order valence-electron chi connectivity index (χ2n) is 9.44. The van der Waals surface area contributed by atoms with Crippen LogP contribution in [0, 0.1) is 0 Å². The molecule has 2 fully saturated rings. The van der Waals surface area contributed by atoms with Crippen LogP contribution in [-0.4, -0.2) is 98.3 Å². The molecule has 0 radical (unpaired) electrons. The number of hydrogen-bond donors (Lipinski definition) is 2. The first-order chi connectivity index (χ1) is 15.5. The third-order valence-electron chi connectivity index (χ3n) is 6.73. The van der Waals surface area contributed by atoms with Crippen molar-refractivity contribution in [2.24, 2.45) is 4.99 Å². The monoisotopic (exact) mass is 444 g/mol. The third kappa shape index (κ3) is 7.44. The van der Waals surface area contributed by atoms with Crippen LogP contribution < -0.4 is 10.6 Å². The molecular weight excluding hydrogens is 400 g/mol. The molecule has 7 nitrogen and oxygen atoms in total. The van der Waals surface area contributed by atoms with Crippen molar-refractivity contribution < 1.29 is 4.74 Å². The van der Waals surface area contributed by atoms with Crippen molar-refractivity contribution in [2.75, 3.05) is 72.1 Å². The van der Waals surface area contributed by atoms with Gasteiger partial charge in [-0.05, 0) is 38.4 Å². The van der Waals surface area contributed by atoms with Crippen LogP contribution >= 0.6 is 0 Å². The van der Waals surface area contributed by atoms with Gasteiger partial charge in [-0.15, -0.1) is 0 Å². The van der Waals surface area contributed by atoms with Gasteiger partial charge in [0.2, 0.25) is 0 Å². The maximum atomic E-state index is 5.52. The average Bonchev–Trinajstić information content (AvgIpc) is 2.83. The molecule has 0 aliphatic carbocycles. The van der Waals surface area contributed by atoms with Gasteiger partial charge in [0.1, 0.15) is 0 Å². The standard InChI is InChI=1S/C25H44N6O/c1-5-26-24(28-21-25(3,4)31-15-17-32-18-16-31)27-19-22-9-7-8-10-23(22)20-30-13-11-29(6-2)12-14-30/h7-10H,5-6,11-21H2,1-4H3,(H2,26,27,28). The molecule has 1 aromatic rings. The van der Waals surface area contributed by atoms with Crippen molar-refractivity contribution in [3.05, 3.63) is 35.4 Å². The van der Waals surface area contributed by atoms with E-state index in [0.29, 0.717) is 6.54 Å². The topological polar surface area (TPSA) is 55.4 Å². The zero-order chi connectivity index (χ0) is 22.8. The number of hydrogen-bond acceptors (Lipinski definition) is 5. The maximum absolute atomic E-state index is 5.52. The largest absolute Gasteiger partial charge is 0.379 e. The van der Waals surface area contributed by atoms with E-state index in [-0.39, 0.29) is 5.54 Å². The molecule has 2 saturated heterocycles. The Morgan fingerprint density at radius 3 is 2.25 bits per heavy atom. The first kappa shape index (κ1) is 25.0. The van der Waals surface area contributed by atoms with Crippen molar-refractivity contribution in [1.29, 1.82) is 0 Å². The highest BCUT2D eigenvalue weighted by atomic mass is 16.5. The Morgan fingerprint density at radius 1 is 0.938 bits per heavy atom.